The number of carbonyl (C=O) groups is 2. The van der Waals surface area contributed by atoms with Gasteiger partial charge in [0.1, 0.15) is 5.75 Å². The maximum absolute atomic E-state index is 13.2. The predicted molar refractivity (Wildman–Crippen MR) is 131 cm³/mol. The SMILES string of the molecule is CCCCCCOc1ccc(N2C(=O)C[C@H](N3CCC(Cc4ccccc4)CC3)C2=O)cc1. The topological polar surface area (TPSA) is 49.9 Å². The van der Waals surface area contributed by atoms with E-state index in [0.717, 1.165) is 44.5 Å². The molecule has 0 unspecified atom stereocenters. The summed E-state index contributed by atoms with van der Waals surface area (Å²) in [6.07, 6.45) is 8.16. The number of imide groups is 1. The van der Waals surface area contributed by atoms with Gasteiger partial charge in [-0.1, -0.05) is 56.5 Å². The molecule has 2 aromatic carbocycles. The average molecular weight is 449 g/mol. The minimum absolute atomic E-state index is 0.0882. The minimum atomic E-state index is -0.329. The maximum Gasteiger partial charge on any atom is 0.251 e. The number of nitrogens with zero attached hydrogens (tertiary/aromatic N) is 2. The fourth-order valence-corrected chi connectivity index (χ4v) is 5.00. The van der Waals surface area contributed by atoms with E-state index in [1.807, 2.05) is 24.3 Å². The second-order valence-corrected chi connectivity index (χ2v) is 9.36. The Morgan fingerprint density at radius 1 is 0.909 bits per heavy atom. The van der Waals surface area contributed by atoms with Gasteiger partial charge in [-0.2, -0.15) is 0 Å². The summed E-state index contributed by atoms with van der Waals surface area (Å²) < 4.78 is 5.80. The van der Waals surface area contributed by atoms with Gasteiger partial charge in [-0.15, -0.1) is 0 Å². The van der Waals surface area contributed by atoms with Gasteiger partial charge in [0.2, 0.25) is 5.91 Å². The van der Waals surface area contributed by atoms with Gasteiger partial charge in [-0.3, -0.25) is 14.5 Å². The zero-order valence-corrected chi connectivity index (χ0v) is 19.7. The molecule has 5 nitrogen and oxygen atoms in total. The molecule has 2 fully saturated rings. The fourth-order valence-electron chi connectivity index (χ4n) is 5.00. The van der Waals surface area contributed by atoms with Crippen LogP contribution < -0.4 is 9.64 Å². The van der Waals surface area contributed by atoms with Crippen molar-refractivity contribution in [1.29, 1.82) is 0 Å². The van der Waals surface area contributed by atoms with E-state index in [1.54, 1.807) is 0 Å². The van der Waals surface area contributed by atoms with Crippen LogP contribution in [-0.2, 0) is 16.0 Å². The first-order valence-corrected chi connectivity index (χ1v) is 12.5. The van der Waals surface area contributed by atoms with Crippen molar-refractivity contribution in [1.82, 2.24) is 4.90 Å². The lowest BCUT2D eigenvalue weighted by Crippen LogP contribution is -2.46. The van der Waals surface area contributed by atoms with Crippen LogP contribution in [0.1, 0.15) is 57.4 Å². The van der Waals surface area contributed by atoms with Crippen molar-refractivity contribution in [3.05, 3.63) is 60.2 Å². The molecule has 0 spiro atoms. The van der Waals surface area contributed by atoms with Crippen LogP contribution in [0.3, 0.4) is 0 Å². The van der Waals surface area contributed by atoms with Crippen LogP contribution in [0.25, 0.3) is 0 Å². The Kier molecular flexibility index (Phi) is 8.16. The molecule has 2 saturated heterocycles. The van der Waals surface area contributed by atoms with Crippen molar-refractivity contribution in [2.45, 2.75) is 64.3 Å². The van der Waals surface area contributed by atoms with Gasteiger partial charge in [-0.25, -0.2) is 4.90 Å². The van der Waals surface area contributed by atoms with E-state index in [4.69, 9.17) is 4.74 Å². The van der Waals surface area contributed by atoms with Crippen LogP contribution in [0.2, 0.25) is 0 Å². The summed E-state index contributed by atoms with van der Waals surface area (Å²) in [7, 11) is 0. The van der Waals surface area contributed by atoms with Gasteiger partial charge in [0.25, 0.3) is 5.91 Å². The number of amides is 2. The molecule has 176 valence electrons. The van der Waals surface area contributed by atoms with E-state index in [-0.39, 0.29) is 24.3 Å². The Balaban J connectivity index is 1.29. The molecule has 0 aromatic heterocycles. The van der Waals surface area contributed by atoms with Crippen LogP contribution in [0.15, 0.2) is 54.6 Å². The van der Waals surface area contributed by atoms with Crippen molar-refractivity contribution in [3.8, 4) is 5.75 Å². The van der Waals surface area contributed by atoms with E-state index < -0.39 is 0 Å². The Labute approximate surface area is 197 Å². The van der Waals surface area contributed by atoms with Crippen molar-refractivity contribution in [3.63, 3.8) is 0 Å². The maximum atomic E-state index is 13.2. The summed E-state index contributed by atoms with van der Waals surface area (Å²) in [5.41, 5.74) is 2.02. The Bertz CT molecular complexity index is 904. The summed E-state index contributed by atoms with van der Waals surface area (Å²) in [5, 5.41) is 0. The van der Waals surface area contributed by atoms with Gasteiger partial charge in [-0.05, 0) is 74.5 Å². The molecule has 2 aliphatic rings. The number of rotatable bonds is 10. The molecule has 0 aliphatic carbocycles. The third kappa shape index (κ3) is 6.02. The van der Waals surface area contributed by atoms with Crippen LogP contribution in [-0.4, -0.2) is 42.5 Å². The van der Waals surface area contributed by atoms with Crippen LogP contribution in [0.5, 0.6) is 5.75 Å². The lowest BCUT2D eigenvalue weighted by atomic mass is 9.89. The molecule has 1 atom stereocenters. The molecule has 0 bridgehead atoms. The highest BCUT2D eigenvalue weighted by molar-refractivity contribution is 6.22. The number of hydrogen-bond acceptors (Lipinski definition) is 4. The van der Waals surface area contributed by atoms with Crippen LogP contribution >= 0.6 is 0 Å². The standard InChI is InChI=1S/C28H36N2O3/c1-2-3-4-8-19-33-25-13-11-24(12-14-25)30-27(31)21-26(28(30)32)29-17-15-23(16-18-29)20-22-9-6-5-7-10-22/h5-7,9-14,23,26H,2-4,8,15-21H2,1H3/t26-/m0/s1. The van der Waals surface area contributed by atoms with E-state index in [9.17, 15) is 9.59 Å². The van der Waals surface area contributed by atoms with E-state index in [0.29, 0.717) is 18.2 Å². The summed E-state index contributed by atoms with van der Waals surface area (Å²) in [5.74, 6) is 1.23. The van der Waals surface area contributed by atoms with Crippen LogP contribution in [0, 0.1) is 5.92 Å². The molecule has 2 aromatic rings. The third-order valence-corrected chi connectivity index (χ3v) is 6.94. The number of piperidine rings is 1. The number of hydrogen-bond donors (Lipinski definition) is 0. The Hall–Kier alpha value is -2.66. The zero-order chi connectivity index (χ0) is 23.0. The first-order valence-electron chi connectivity index (χ1n) is 12.5. The van der Waals surface area contributed by atoms with Gasteiger partial charge in [0.15, 0.2) is 0 Å². The van der Waals surface area contributed by atoms with Crippen molar-refractivity contribution in [2.75, 3.05) is 24.6 Å². The van der Waals surface area contributed by atoms with Crippen LogP contribution in [0.4, 0.5) is 5.69 Å². The molecular formula is C28H36N2O3. The van der Waals surface area contributed by atoms with E-state index >= 15 is 0 Å². The number of carbonyl (C=O) groups excluding carboxylic acids is 2. The summed E-state index contributed by atoms with van der Waals surface area (Å²) in [6, 6.07) is 17.6. The van der Waals surface area contributed by atoms with Gasteiger partial charge < -0.3 is 4.74 Å². The molecule has 0 radical (unpaired) electrons. The lowest BCUT2D eigenvalue weighted by molar-refractivity contribution is -0.123. The molecule has 0 saturated carbocycles. The smallest absolute Gasteiger partial charge is 0.251 e. The summed E-state index contributed by atoms with van der Waals surface area (Å²) in [6.45, 7) is 4.64. The molecule has 4 rings (SSSR count). The first-order chi connectivity index (χ1) is 16.2. The lowest BCUT2D eigenvalue weighted by Gasteiger charge is -2.34. The fraction of sp³-hybridized carbons (Fsp3) is 0.500. The second kappa shape index (κ2) is 11.5. The molecule has 33 heavy (non-hydrogen) atoms. The van der Waals surface area contributed by atoms with Crippen molar-refractivity contribution < 1.29 is 14.3 Å². The monoisotopic (exact) mass is 448 g/mol. The molecule has 2 amide bonds. The Morgan fingerprint density at radius 2 is 1.64 bits per heavy atom. The third-order valence-electron chi connectivity index (χ3n) is 6.94. The minimum Gasteiger partial charge on any atom is -0.494 e. The van der Waals surface area contributed by atoms with Gasteiger partial charge in [0.05, 0.1) is 24.8 Å². The Morgan fingerprint density at radius 3 is 2.33 bits per heavy atom. The molecule has 5 heteroatoms. The number of ether oxygens (including phenoxy) is 1. The quantitative estimate of drug-likeness (QED) is 0.369. The van der Waals surface area contributed by atoms with Crippen molar-refractivity contribution >= 4 is 17.5 Å². The molecule has 0 N–H and O–H groups in total. The molecular weight excluding hydrogens is 412 g/mol. The number of anilines is 1. The average Bonchev–Trinajstić information content (AvgIpc) is 3.14. The molecule has 2 heterocycles. The summed E-state index contributed by atoms with van der Waals surface area (Å²) >= 11 is 0. The first kappa shape index (κ1) is 23.5. The molecule has 2 aliphatic heterocycles. The van der Waals surface area contributed by atoms with Gasteiger partial charge in [0, 0.05) is 0 Å². The number of likely N-dealkylation sites (tertiary alicyclic amines) is 1. The van der Waals surface area contributed by atoms with E-state index in [2.05, 4.69) is 42.2 Å². The zero-order valence-electron chi connectivity index (χ0n) is 19.7. The highest BCUT2D eigenvalue weighted by Gasteiger charge is 2.43. The van der Waals surface area contributed by atoms with E-state index in [1.165, 1.54) is 29.7 Å². The summed E-state index contributed by atoms with van der Waals surface area (Å²) in [4.78, 5) is 29.5. The number of benzene rings is 2. The van der Waals surface area contributed by atoms with Gasteiger partial charge >= 0.3 is 0 Å². The normalized spacial score (nSPS) is 19.9. The second-order valence-electron chi connectivity index (χ2n) is 9.36. The largest absolute Gasteiger partial charge is 0.494 e. The predicted octanol–water partition coefficient (Wildman–Crippen LogP) is 5.23. The highest BCUT2D eigenvalue weighted by Crippen LogP contribution is 2.30. The highest BCUT2D eigenvalue weighted by atomic mass is 16.5. The number of unbranched alkanes of at least 4 members (excludes halogenated alkanes) is 3. The van der Waals surface area contributed by atoms with Crippen molar-refractivity contribution in [2.24, 2.45) is 5.92 Å².